The van der Waals surface area contributed by atoms with Gasteiger partial charge in [0, 0.05) is 12.7 Å². The maximum atomic E-state index is 7.60. The summed E-state index contributed by atoms with van der Waals surface area (Å²) in [4.78, 5) is 0. The molecule has 0 atom stereocenters. The quantitative estimate of drug-likeness (QED) is 0.494. The number of nitrogens with one attached hydrogen (secondary N) is 3. The summed E-state index contributed by atoms with van der Waals surface area (Å²) >= 11 is 0. The van der Waals surface area contributed by atoms with Gasteiger partial charge < -0.3 is 15.3 Å². The monoisotopic (exact) mass is 208 g/mol. The topological polar surface area (TPSA) is 64.7 Å². The SMILES string of the molecule is C=N.CNCCCCn1ccccc1=N. The standard InChI is InChI=1S/C10H17N3.CH3N/c1-12-7-3-5-9-13-8-4-2-6-10(13)11;1-2/h2,4,6,8,11-12H,3,5,7,9H2,1H3;2H,1H2. The van der Waals surface area contributed by atoms with Crippen molar-refractivity contribution in [1.82, 2.24) is 9.88 Å². The molecule has 0 aliphatic rings. The van der Waals surface area contributed by atoms with Crippen molar-refractivity contribution >= 4 is 6.72 Å². The molecule has 0 aromatic carbocycles. The van der Waals surface area contributed by atoms with Crippen LogP contribution in [0.15, 0.2) is 24.4 Å². The van der Waals surface area contributed by atoms with E-state index < -0.39 is 0 Å². The number of rotatable bonds is 5. The number of aryl methyl sites for hydroxylation is 1. The molecule has 0 bridgehead atoms. The lowest BCUT2D eigenvalue weighted by Crippen LogP contribution is -2.18. The van der Waals surface area contributed by atoms with E-state index in [1.165, 1.54) is 0 Å². The molecule has 15 heavy (non-hydrogen) atoms. The van der Waals surface area contributed by atoms with Gasteiger partial charge in [-0.15, -0.1) is 0 Å². The summed E-state index contributed by atoms with van der Waals surface area (Å²) < 4.78 is 1.97. The van der Waals surface area contributed by atoms with E-state index in [1.54, 1.807) is 0 Å². The molecule has 84 valence electrons. The molecule has 0 aliphatic carbocycles. The molecule has 1 rings (SSSR count). The highest BCUT2D eigenvalue weighted by molar-refractivity contribution is 5.15. The van der Waals surface area contributed by atoms with Crippen LogP contribution in [-0.2, 0) is 6.54 Å². The van der Waals surface area contributed by atoms with Crippen LogP contribution in [0.4, 0.5) is 0 Å². The molecular weight excluding hydrogens is 188 g/mol. The van der Waals surface area contributed by atoms with Gasteiger partial charge in [-0.25, -0.2) is 0 Å². The van der Waals surface area contributed by atoms with Crippen LogP contribution in [0.3, 0.4) is 0 Å². The molecule has 4 heteroatoms. The largest absolute Gasteiger partial charge is 0.334 e. The highest BCUT2D eigenvalue weighted by atomic mass is 15.0. The minimum absolute atomic E-state index is 0.590. The zero-order valence-electron chi connectivity index (χ0n) is 9.29. The van der Waals surface area contributed by atoms with E-state index in [0.29, 0.717) is 5.49 Å². The van der Waals surface area contributed by atoms with Gasteiger partial charge in [0.15, 0.2) is 0 Å². The Morgan fingerprint density at radius 1 is 1.33 bits per heavy atom. The van der Waals surface area contributed by atoms with E-state index in [-0.39, 0.29) is 0 Å². The van der Waals surface area contributed by atoms with E-state index in [9.17, 15) is 0 Å². The van der Waals surface area contributed by atoms with Gasteiger partial charge in [0.25, 0.3) is 0 Å². The average Bonchev–Trinajstić information content (AvgIpc) is 2.29. The summed E-state index contributed by atoms with van der Waals surface area (Å²) in [6, 6.07) is 5.68. The molecule has 1 aromatic rings. The van der Waals surface area contributed by atoms with Crippen molar-refractivity contribution in [3.63, 3.8) is 0 Å². The summed E-state index contributed by atoms with van der Waals surface area (Å²) in [6.45, 7) is 4.50. The summed E-state index contributed by atoms with van der Waals surface area (Å²) in [5, 5.41) is 16.2. The van der Waals surface area contributed by atoms with E-state index in [4.69, 9.17) is 10.8 Å². The van der Waals surface area contributed by atoms with E-state index in [1.807, 2.05) is 36.0 Å². The number of unbranched alkanes of at least 4 members (excludes halogenated alkanes) is 1. The maximum absolute atomic E-state index is 7.60. The van der Waals surface area contributed by atoms with Crippen LogP contribution in [0.1, 0.15) is 12.8 Å². The Morgan fingerprint density at radius 3 is 2.67 bits per heavy atom. The van der Waals surface area contributed by atoms with Gasteiger partial charge in [-0.3, -0.25) is 5.41 Å². The molecule has 0 saturated heterocycles. The lowest BCUT2D eigenvalue weighted by Gasteiger charge is -2.05. The van der Waals surface area contributed by atoms with Crippen LogP contribution < -0.4 is 10.8 Å². The van der Waals surface area contributed by atoms with Gasteiger partial charge in [-0.2, -0.15) is 0 Å². The first kappa shape index (κ1) is 13.6. The summed E-state index contributed by atoms with van der Waals surface area (Å²) in [6.07, 6.45) is 4.25. The van der Waals surface area contributed by atoms with Gasteiger partial charge in [-0.05, 0) is 45.3 Å². The van der Waals surface area contributed by atoms with Crippen molar-refractivity contribution in [3.8, 4) is 0 Å². The van der Waals surface area contributed by atoms with Crippen LogP contribution in [0.2, 0.25) is 0 Å². The van der Waals surface area contributed by atoms with Crippen molar-refractivity contribution in [3.05, 3.63) is 29.9 Å². The zero-order valence-corrected chi connectivity index (χ0v) is 9.29. The molecule has 0 radical (unpaired) electrons. The third-order valence-electron chi connectivity index (χ3n) is 2.02. The van der Waals surface area contributed by atoms with Gasteiger partial charge >= 0.3 is 0 Å². The molecule has 1 heterocycles. The number of hydrogen-bond donors (Lipinski definition) is 3. The minimum Gasteiger partial charge on any atom is -0.334 e. The minimum atomic E-state index is 0.590. The Balaban J connectivity index is 0.000000921. The fraction of sp³-hybridized carbons (Fsp3) is 0.455. The molecule has 0 spiro atoms. The fourth-order valence-electron chi connectivity index (χ4n) is 1.26. The Morgan fingerprint density at radius 2 is 2.07 bits per heavy atom. The molecule has 1 aromatic heterocycles. The Hall–Kier alpha value is -1.42. The third kappa shape index (κ3) is 5.80. The fourth-order valence-corrected chi connectivity index (χ4v) is 1.26. The van der Waals surface area contributed by atoms with Crippen LogP contribution in [-0.4, -0.2) is 24.9 Å². The van der Waals surface area contributed by atoms with Crippen LogP contribution in [0.5, 0.6) is 0 Å². The molecule has 0 saturated carbocycles. The third-order valence-corrected chi connectivity index (χ3v) is 2.02. The molecule has 3 N–H and O–H groups in total. The first-order valence-corrected chi connectivity index (χ1v) is 5.04. The second kappa shape index (κ2) is 9.15. The number of hydrogen-bond acceptors (Lipinski definition) is 3. The predicted octanol–water partition coefficient (Wildman–Crippen LogP) is 1.23. The van der Waals surface area contributed by atoms with Crippen LogP contribution in [0.25, 0.3) is 0 Å². The first-order chi connectivity index (χ1) is 7.34. The van der Waals surface area contributed by atoms with E-state index in [2.05, 4.69) is 12.0 Å². The van der Waals surface area contributed by atoms with Crippen molar-refractivity contribution in [2.45, 2.75) is 19.4 Å². The number of pyridine rings is 1. The molecule has 0 unspecified atom stereocenters. The molecular formula is C11H20N4. The summed E-state index contributed by atoms with van der Waals surface area (Å²) in [5.41, 5.74) is 0.590. The van der Waals surface area contributed by atoms with Crippen molar-refractivity contribution in [2.24, 2.45) is 0 Å². The second-order valence-corrected chi connectivity index (χ2v) is 3.09. The number of nitrogens with zero attached hydrogens (tertiary/aromatic N) is 1. The van der Waals surface area contributed by atoms with Gasteiger partial charge in [0.05, 0.1) is 0 Å². The lowest BCUT2D eigenvalue weighted by molar-refractivity contribution is 0.570. The summed E-state index contributed by atoms with van der Waals surface area (Å²) in [5.74, 6) is 0. The van der Waals surface area contributed by atoms with Gasteiger partial charge in [0.2, 0.25) is 0 Å². The van der Waals surface area contributed by atoms with Crippen LogP contribution in [0, 0.1) is 10.8 Å². The van der Waals surface area contributed by atoms with E-state index in [0.717, 1.165) is 25.9 Å². The summed E-state index contributed by atoms with van der Waals surface area (Å²) in [7, 11) is 1.96. The predicted molar refractivity (Wildman–Crippen MR) is 63.3 cm³/mol. The van der Waals surface area contributed by atoms with Gasteiger partial charge in [-0.1, -0.05) is 6.07 Å². The van der Waals surface area contributed by atoms with Gasteiger partial charge in [0.1, 0.15) is 5.49 Å². The number of aromatic nitrogens is 1. The molecule has 0 fully saturated rings. The highest BCUT2D eigenvalue weighted by Crippen LogP contribution is 1.91. The molecule has 0 amide bonds. The van der Waals surface area contributed by atoms with Crippen molar-refractivity contribution < 1.29 is 0 Å². The Labute approximate surface area is 91.0 Å². The average molecular weight is 208 g/mol. The van der Waals surface area contributed by atoms with Crippen molar-refractivity contribution in [2.75, 3.05) is 13.6 Å². The second-order valence-electron chi connectivity index (χ2n) is 3.09. The smallest absolute Gasteiger partial charge is 0.124 e. The van der Waals surface area contributed by atoms with Crippen molar-refractivity contribution in [1.29, 1.82) is 10.8 Å². The van der Waals surface area contributed by atoms with Crippen LogP contribution >= 0.6 is 0 Å². The Kier molecular flexibility index (Phi) is 8.28. The first-order valence-electron chi connectivity index (χ1n) is 5.04. The zero-order chi connectivity index (χ0) is 11.5. The lowest BCUT2D eigenvalue weighted by atomic mass is 10.3. The normalized spacial score (nSPS) is 9.13. The highest BCUT2D eigenvalue weighted by Gasteiger charge is 1.90. The van der Waals surface area contributed by atoms with E-state index >= 15 is 0 Å². The maximum Gasteiger partial charge on any atom is 0.124 e. The molecule has 4 nitrogen and oxygen atoms in total. The molecule has 0 aliphatic heterocycles. The Bertz CT molecular complexity index is 305.